The molecule has 1 N–H and O–H groups in total. The van der Waals surface area contributed by atoms with Crippen molar-refractivity contribution in [3.05, 3.63) is 41.0 Å². The van der Waals surface area contributed by atoms with Crippen LogP contribution in [0.25, 0.3) is 0 Å². The van der Waals surface area contributed by atoms with Crippen LogP contribution in [-0.2, 0) is 0 Å². The van der Waals surface area contributed by atoms with E-state index in [0.29, 0.717) is 10.0 Å². The average molecular weight is 297 g/mol. The molecule has 2 aromatic rings. The molecule has 0 saturated carbocycles. The second-order valence-electron chi connectivity index (χ2n) is 3.44. The smallest absolute Gasteiger partial charge is 0.335 e. The minimum Gasteiger partial charge on any atom is -0.478 e. The van der Waals surface area contributed by atoms with E-state index in [1.165, 1.54) is 31.1 Å². The zero-order chi connectivity index (χ0) is 13.8. The first-order chi connectivity index (χ1) is 9.10. The second kappa shape index (κ2) is 5.90. The highest BCUT2D eigenvalue weighted by Crippen LogP contribution is 2.32. The number of halogens is 1. The van der Waals surface area contributed by atoms with Gasteiger partial charge in [0.1, 0.15) is 5.03 Å². The summed E-state index contributed by atoms with van der Waals surface area (Å²) < 4.78 is 4.92. The van der Waals surface area contributed by atoms with Crippen molar-refractivity contribution in [1.29, 1.82) is 0 Å². The van der Waals surface area contributed by atoms with E-state index in [0.717, 1.165) is 4.90 Å². The largest absolute Gasteiger partial charge is 0.478 e. The summed E-state index contributed by atoms with van der Waals surface area (Å²) in [7, 11) is 1.46. The number of nitrogens with zero attached hydrogens (tertiary/aromatic N) is 2. The fourth-order valence-electron chi connectivity index (χ4n) is 1.31. The number of aromatic nitrogens is 2. The monoisotopic (exact) mass is 296 g/mol. The highest BCUT2D eigenvalue weighted by molar-refractivity contribution is 7.99. The first-order valence-corrected chi connectivity index (χ1v) is 6.37. The third-order valence-electron chi connectivity index (χ3n) is 2.17. The molecule has 2 rings (SSSR count). The van der Waals surface area contributed by atoms with E-state index < -0.39 is 5.97 Å². The summed E-state index contributed by atoms with van der Waals surface area (Å²) in [5.74, 6) is -0.978. The van der Waals surface area contributed by atoms with Gasteiger partial charge in [-0.25, -0.2) is 9.78 Å². The predicted octanol–water partition coefficient (Wildman–Crippen LogP) is 2.99. The third kappa shape index (κ3) is 3.36. The molecule has 98 valence electrons. The third-order valence-corrected chi connectivity index (χ3v) is 3.55. The second-order valence-corrected chi connectivity index (χ2v) is 4.91. The van der Waals surface area contributed by atoms with Gasteiger partial charge in [0.05, 0.1) is 23.9 Å². The number of ether oxygens (including phenoxy) is 1. The lowest BCUT2D eigenvalue weighted by atomic mass is 10.2. The molecule has 0 fully saturated rings. The molecule has 0 atom stereocenters. The number of carboxylic acid groups (broad SMARTS) is 1. The van der Waals surface area contributed by atoms with E-state index >= 15 is 0 Å². The number of hydrogen-bond donors (Lipinski definition) is 1. The molecule has 0 saturated heterocycles. The Bertz CT molecular complexity index is 622. The molecule has 0 amide bonds. The highest BCUT2D eigenvalue weighted by Gasteiger charge is 2.09. The van der Waals surface area contributed by atoms with Crippen LogP contribution in [0.1, 0.15) is 10.4 Å². The minimum absolute atomic E-state index is 0.210. The van der Waals surface area contributed by atoms with E-state index in [1.54, 1.807) is 18.2 Å². The van der Waals surface area contributed by atoms with Crippen molar-refractivity contribution >= 4 is 29.3 Å². The summed E-state index contributed by atoms with van der Waals surface area (Å²) in [6, 6.07) is 6.73. The van der Waals surface area contributed by atoms with Crippen LogP contribution in [0.2, 0.25) is 5.02 Å². The first kappa shape index (κ1) is 13.6. The van der Waals surface area contributed by atoms with E-state index in [2.05, 4.69) is 9.97 Å². The summed E-state index contributed by atoms with van der Waals surface area (Å²) in [5.41, 5.74) is 0.210. The normalized spacial score (nSPS) is 10.2. The Labute approximate surface area is 118 Å². The molecule has 0 unspecified atom stereocenters. The van der Waals surface area contributed by atoms with Gasteiger partial charge in [-0.05, 0) is 18.2 Å². The number of carboxylic acids is 1. The van der Waals surface area contributed by atoms with Gasteiger partial charge >= 0.3 is 12.0 Å². The Kier molecular flexibility index (Phi) is 4.24. The van der Waals surface area contributed by atoms with Gasteiger partial charge in [-0.15, -0.1) is 0 Å². The van der Waals surface area contributed by atoms with Crippen molar-refractivity contribution in [1.82, 2.24) is 9.97 Å². The van der Waals surface area contributed by atoms with E-state index in [-0.39, 0.29) is 11.6 Å². The highest BCUT2D eigenvalue weighted by atomic mass is 35.5. The number of aromatic carboxylic acids is 1. The predicted molar refractivity (Wildman–Crippen MR) is 71.1 cm³/mol. The maximum atomic E-state index is 10.9. The fourth-order valence-corrected chi connectivity index (χ4v) is 2.35. The summed E-state index contributed by atoms with van der Waals surface area (Å²) in [5, 5.41) is 9.82. The van der Waals surface area contributed by atoms with Gasteiger partial charge in [0.2, 0.25) is 0 Å². The molecule has 0 aliphatic rings. The summed E-state index contributed by atoms with van der Waals surface area (Å²) >= 11 is 7.24. The SMILES string of the molecule is COc1ncc(Cl)c(Sc2cccc(C(=O)O)c2)n1. The Morgan fingerprint density at radius 1 is 1.47 bits per heavy atom. The minimum atomic E-state index is -0.978. The Morgan fingerprint density at radius 2 is 2.26 bits per heavy atom. The van der Waals surface area contributed by atoms with Crippen molar-refractivity contribution in [2.45, 2.75) is 9.92 Å². The summed E-state index contributed by atoms with van der Waals surface area (Å²) in [6.07, 6.45) is 1.44. The molecule has 1 aromatic heterocycles. The number of methoxy groups -OCH3 is 1. The zero-order valence-electron chi connectivity index (χ0n) is 9.83. The molecular formula is C12H9ClN2O3S. The molecule has 0 radical (unpaired) electrons. The van der Waals surface area contributed by atoms with Crippen molar-refractivity contribution in [3.63, 3.8) is 0 Å². The van der Waals surface area contributed by atoms with E-state index in [4.69, 9.17) is 21.4 Å². The molecule has 5 nitrogen and oxygen atoms in total. The van der Waals surface area contributed by atoms with Gasteiger partial charge in [0.25, 0.3) is 0 Å². The molecule has 0 aliphatic carbocycles. The van der Waals surface area contributed by atoms with Crippen LogP contribution in [0, 0.1) is 0 Å². The molecule has 0 spiro atoms. The maximum absolute atomic E-state index is 10.9. The van der Waals surface area contributed by atoms with Crippen molar-refractivity contribution in [2.24, 2.45) is 0 Å². The summed E-state index contributed by atoms with van der Waals surface area (Å²) in [6.45, 7) is 0. The topological polar surface area (TPSA) is 72.3 Å². The lowest BCUT2D eigenvalue weighted by molar-refractivity contribution is 0.0696. The van der Waals surface area contributed by atoms with Crippen LogP contribution in [0.5, 0.6) is 6.01 Å². The summed E-state index contributed by atoms with van der Waals surface area (Å²) in [4.78, 5) is 19.6. The Morgan fingerprint density at radius 3 is 2.95 bits per heavy atom. The van der Waals surface area contributed by atoms with Crippen LogP contribution in [0.4, 0.5) is 0 Å². The molecule has 0 bridgehead atoms. The number of benzene rings is 1. The van der Waals surface area contributed by atoms with Gasteiger partial charge in [-0.3, -0.25) is 0 Å². The molecule has 0 aliphatic heterocycles. The van der Waals surface area contributed by atoms with Gasteiger partial charge in [-0.1, -0.05) is 29.4 Å². The van der Waals surface area contributed by atoms with E-state index in [1.807, 2.05) is 0 Å². The molecular weight excluding hydrogens is 288 g/mol. The Balaban J connectivity index is 2.30. The van der Waals surface area contributed by atoms with Gasteiger partial charge in [0, 0.05) is 4.90 Å². The molecule has 7 heteroatoms. The van der Waals surface area contributed by atoms with Crippen molar-refractivity contribution in [3.8, 4) is 6.01 Å². The molecule has 1 heterocycles. The Hall–Kier alpha value is -1.79. The standard InChI is InChI=1S/C12H9ClN2O3S/c1-18-12-14-6-9(13)10(15-12)19-8-4-2-3-7(5-8)11(16)17/h2-6H,1H3,(H,16,17). The van der Waals surface area contributed by atoms with Gasteiger partial charge in [-0.2, -0.15) is 4.98 Å². The number of rotatable bonds is 4. The van der Waals surface area contributed by atoms with Crippen LogP contribution >= 0.6 is 23.4 Å². The number of carbonyl (C=O) groups is 1. The molecule has 1 aromatic carbocycles. The fraction of sp³-hybridized carbons (Fsp3) is 0.0833. The lowest BCUT2D eigenvalue weighted by Crippen LogP contribution is -1.96. The lowest BCUT2D eigenvalue weighted by Gasteiger charge is -2.05. The molecule has 19 heavy (non-hydrogen) atoms. The number of hydrogen-bond acceptors (Lipinski definition) is 5. The average Bonchev–Trinajstić information content (AvgIpc) is 2.41. The first-order valence-electron chi connectivity index (χ1n) is 5.18. The maximum Gasteiger partial charge on any atom is 0.335 e. The van der Waals surface area contributed by atoms with Crippen LogP contribution < -0.4 is 4.74 Å². The van der Waals surface area contributed by atoms with Crippen LogP contribution in [0.15, 0.2) is 40.4 Å². The van der Waals surface area contributed by atoms with Crippen molar-refractivity contribution < 1.29 is 14.6 Å². The zero-order valence-corrected chi connectivity index (χ0v) is 11.4. The quantitative estimate of drug-likeness (QED) is 0.875. The van der Waals surface area contributed by atoms with Gasteiger partial charge in [0.15, 0.2) is 0 Å². The van der Waals surface area contributed by atoms with Crippen LogP contribution in [0.3, 0.4) is 0 Å². The van der Waals surface area contributed by atoms with Gasteiger partial charge < -0.3 is 9.84 Å². The van der Waals surface area contributed by atoms with E-state index in [9.17, 15) is 4.79 Å². The van der Waals surface area contributed by atoms with Crippen molar-refractivity contribution in [2.75, 3.05) is 7.11 Å². The van der Waals surface area contributed by atoms with Crippen LogP contribution in [-0.4, -0.2) is 28.2 Å².